The van der Waals surface area contributed by atoms with Gasteiger partial charge in [0.1, 0.15) is 0 Å². The Kier molecular flexibility index (Phi) is 6.00. The van der Waals surface area contributed by atoms with Crippen molar-refractivity contribution in [3.8, 4) is 0 Å². The van der Waals surface area contributed by atoms with Gasteiger partial charge in [-0.1, -0.05) is 6.20 Å². The van der Waals surface area contributed by atoms with Crippen LogP contribution in [0.15, 0.2) is 18.2 Å². The summed E-state index contributed by atoms with van der Waals surface area (Å²) in [6.45, 7) is 0. The zero-order valence-corrected chi connectivity index (χ0v) is 11.0. The van der Waals surface area contributed by atoms with Crippen molar-refractivity contribution in [1.82, 2.24) is 4.98 Å². The van der Waals surface area contributed by atoms with E-state index in [9.17, 15) is 13.2 Å². The van der Waals surface area contributed by atoms with Crippen LogP contribution in [0.4, 0.5) is 13.2 Å². The second-order valence-electron chi connectivity index (χ2n) is 1.65. The van der Waals surface area contributed by atoms with Crippen LogP contribution in [0.25, 0.3) is 0 Å². The van der Waals surface area contributed by atoms with Crippen LogP contribution in [0, 0.1) is 6.20 Å². The fourth-order valence-corrected chi connectivity index (χ4v) is 0.484. The Morgan fingerprint density at radius 3 is 2.25 bits per heavy atom. The molecular weight excluding hydrogens is 335 g/mol. The molecule has 0 radical (unpaired) electrons. The van der Waals surface area contributed by atoms with Gasteiger partial charge >= 0.3 is 40.7 Å². The van der Waals surface area contributed by atoms with Crippen LogP contribution < -0.4 is 0 Å². The minimum absolute atomic E-state index is 0.899. The zero-order chi connectivity index (χ0) is 9.61. The van der Waals surface area contributed by atoms with E-state index < -0.39 is 11.9 Å². The molecule has 12 heavy (non-hydrogen) atoms. The Bertz CT molecular complexity index is 214. The second kappa shape index (κ2) is 5.86. The molecule has 0 fully saturated rings. The molecule has 6 heteroatoms. The summed E-state index contributed by atoms with van der Waals surface area (Å²) in [4.78, 5) is 3.00. The van der Waals surface area contributed by atoms with Gasteiger partial charge in [0.25, 0.3) is 0 Å². The summed E-state index contributed by atoms with van der Waals surface area (Å²) in [5.41, 5.74) is -0.907. The number of nitrogens with zero attached hydrogens (tertiary/aromatic N) is 1. The molecule has 0 atom stereocenters. The van der Waals surface area contributed by atoms with E-state index in [2.05, 4.69) is 30.9 Å². The average molecular weight is 338 g/mol. The number of aromatic nitrogens is 1. The standard InChI is InChI=1S/C6H3F3N.HI.Zn/c7-6(8,9)5-3-1-2-4-10-5;;/h1-3H;1H;/q-1;;+2/p-1. The molecular formula is C6H3F3INZn. The second-order valence-corrected chi connectivity index (χ2v) is 1.65. The van der Waals surface area contributed by atoms with Crippen molar-refractivity contribution >= 4 is 19.8 Å². The maximum absolute atomic E-state index is 11.7. The Balaban J connectivity index is 0.000000561. The molecule has 1 heterocycles. The van der Waals surface area contributed by atoms with Crippen LogP contribution in [0.2, 0.25) is 0 Å². The first-order chi connectivity index (χ1) is 5.61. The van der Waals surface area contributed by atoms with E-state index in [4.69, 9.17) is 0 Å². The van der Waals surface area contributed by atoms with Gasteiger partial charge in [0.15, 0.2) is 0 Å². The molecule has 1 aromatic heterocycles. The summed E-state index contributed by atoms with van der Waals surface area (Å²) in [6.07, 6.45) is -2.25. The maximum atomic E-state index is 11.7. The molecule has 0 aromatic carbocycles. The van der Waals surface area contributed by atoms with Gasteiger partial charge in [-0.05, 0) is 0 Å². The molecule has 62 valence electrons. The number of pyridine rings is 1. The summed E-state index contributed by atoms with van der Waals surface area (Å²) in [7, 11) is 0. The Hall–Kier alpha value is 0.293. The summed E-state index contributed by atoms with van der Waals surface area (Å²) in [5.74, 6) is 0. The van der Waals surface area contributed by atoms with Gasteiger partial charge in [-0.15, -0.1) is 6.07 Å². The summed E-state index contributed by atoms with van der Waals surface area (Å²) in [5, 5.41) is 0. The molecule has 0 amide bonds. The Morgan fingerprint density at radius 1 is 1.42 bits per heavy atom. The average Bonchev–Trinajstić information content (AvgIpc) is 2.08. The van der Waals surface area contributed by atoms with Crippen LogP contribution in [0.5, 0.6) is 0 Å². The molecule has 0 unspecified atom stereocenters. The van der Waals surface area contributed by atoms with E-state index in [-0.39, 0.29) is 0 Å². The third kappa shape index (κ3) is 4.35. The van der Waals surface area contributed by atoms with Gasteiger partial charge in [0.05, 0.1) is 0 Å². The van der Waals surface area contributed by atoms with Gasteiger partial charge in [-0.25, -0.2) is 0 Å². The summed E-state index contributed by atoms with van der Waals surface area (Å²) in [6, 6.07) is 3.46. The van der Waals surface area contributed by atoms with E-state index in [1.165, 1.54) is 26.9 Å². The van der Waals surface area contributed by atoms with Crippen LogP contribution in [-0.2, 0) is 21.0 Å². The normalized spacial score (nSPS) is 10.2. The number of rotatable bonds is 0. The van der Waals surface area contributed by atoms with Crippen LogP contribution in [0.3, 0.4) is 0 Å². The SMILES string of the molecule is FC(F)(F)c1ccc[c-]n1.[Zn+][I]. The van der Waals surface area contributed by atoms with Crippen molar-refractivity contribution in [3.05, 3.63) is 30.1 Å². The third-order valence-electron chi connectivity index (χ3n) is 0.900. The minimum atomic E-state index is -4.35. The first-order valence-electron chi connectivity index (χ1n) is 2.78. The molecule has 0 aliphatic carbocycles. The number of hydrogen-bond donors (Lipinski definition) is 0. The van der Waals surface area contributed by atoms with E-state index in [1.807, 2.05) is 0 Å². The molecule has 0 spiro atoms. The van der Waals surface area contributed by atoms with Crippen LogP contribution in [0.1, 0.15) is 5.69 Å². The van der Waals surface area contributed by atoms with E-state index in [0.29, 0.717) is 0 Å². The van der Waals surface area contributed by atoms with Gasteiger partial charge in [-0.3, -0.25) is 0 Å². The molecule has 0 N–H and O–H groups in total. The van der Waals surface area contributed by atoms with E-state index in [1.54, 1.807) is 0 Å². The van der Waals surface area contributed by atoms with E-state index >= 15 is 0 Å². The van der Waals surface area contributed by atoms with Crippen molar-refractivity contribution < 1.29 is 28.0 Å². The topological polar surface area (TPSA) is 12.9 Å². The van der Waals surface area contributed by atoms with Crippen molar-refractivity contribution in [2.45, 2.75) is 6.18 Å². The molecule has 0 bridgehead atoms. The fraction of sp³-hybridized carbons (Fsp3) is 0.167. The first-order valence-corrected chi connectivity index (χ1v) is 11.8. The van der Waals surface area contributed by atoms with Crippen molar-refractivity contribution in [2.24, 2.45) is 0 Å². The number of alkyl halides is 3. The number of halogens is 4. The summed E-state index contributed by atoms with van der Waals surface area (Å²) >= 11 is 3.62. The summed E-state index contributed by atoms with van der Waals surface area (Å²) < 4.78 is 35.1. The Morgan fingerprint density at radius 2 is 2.00 bits per heavy atom. The van der Waals surface area contributed by atoms with Crippen molar-refractivity contribution in [1.29, 1.82) is 0 Å². The molecule has 0 saturated carbocycles. The molecule has 1 nitrogen and oxygen atoms in total. The predicted octanol–water partition coefficient (Wildman–Crippen LogP) is 2.78. The molecule has 0 aliphatic rings. The molecule has 1 rings (SSSR count). The van der Waals surface area contributed by atoms with Gasteiger partial charge < -0.3 is 4.98 Å². The number of hydrogen-bond acceptors (Lipinski definition) is 1. The van der Waals surface area contributed by atoms with Crippen molar-refractivity contribution in [3.63, 3.8) is 0 Å². The van der Waals surface area contributed by atoms with Crippen molar-refractivity contribution in [2.75, 3.05) is 0 Å². The van der Waals surface area contributed by atoms with Gasteiger partial charge in [0, 0.05) is 5.69 Å². The van der Waals surface area contributed by atoms with E-state index in [0.717, 1.165) is 6.07 Å². The first kappa shape index (κ1) is 12.3. The quantitative estimate of drug-likeness (QED) is 0.403. The van der Waals surface area contributed by atoms with Crippen LogP contribution in [-0.4, -0.2) is 4.98 Å². The third-order valence-corrected chi connectivity index (χ3v) is 0.900. The molecule has 0 aliphatic heterocycles. The van der Waals surface area contributed by atoms with Gasteiger partial charge in [-0.2, -0.15) is 25.3 Å². The monoisotopic (exact) mass is 337 g/mol. The predicted molar refractivity (Wildman–Crippen MR) is 42.1 cm³/mol. The fourth-order valence-electron chi connectivity index (χ4n) is 0.484. The van der Waals surface area contributed by atoms with Gasteiger partial charge in [0.2, 0.25) is 0 Å². The van der Waals surface area contributed by atoms with Crippen LogP contribution >= 0.6 is 19.8 Å². The molecule has 0 saturated heterocycles. The zero-order valence-electron chi connectivity index (χ0n) is 5.90. The molecule has 1 aromatic rings. The Labute approximate surface area is 88.6 Å².